The van der Waals surface area contributed by atoms with Gasteiger partial charge in [0.15, 0.2) is 11.5 Å². The number of carbonyl (C=O) groups is 1. The molecule has 0 spiro atoms. The molecule has 0 bridgehead atoms. The van der Waals surface area contributed by atoms with Crippen LogP contribution < -0.4 is 19.1 Å². The third-order valence-corrected chi connectivity index (χ3v) is 4.26. The van der Waals surface area contributed by atoms with Crippen LogP contribution in [-0.4, -0.2) is 24.7 Å². The summed E-state index contributed by atoms with van der Waals surface area (Å²) in [5.41, 5.74) is 1.56. The lowest BCUT2D eigenvalue weighted by atomic mass is 10.1. The second kappa shape index (κ2) is 8.15. The minimum atomic E-state index is -0.211. The van der Waals surface area contributed by atoms with Gasteiger partial charge in [0.05, 0.1) is 6.54 Å². The first kappa shape index (κ1) is 18.1. The van der Waals surface area contributed by atoms with Gasteiger partial charge in [-0.15, -0.1) is 11.6 Å². The molecule has 6 heteroatoms. The number of halogens is 1. The Bertz CT molecular complexity index is 808. The maximum Gasteiger partial charge on any atom is 0.242 e. The maximum absolute atomic E-state index is 12.5. The highest BCUT2D eigenvalue weighted by molar-refractivity contribution is 6.29. The SMILES string of the molecule is C=CC(C)Oc1ccccc1CN(C(=O)CCl)c1ccc2c(c1)OCO2. The van der Waals surface area contributed by atoms with Crippen molar-refractivity contribution >= 4 is 23.2 Å². The van der Waals surface area contributed by atoms with E-state index in [-0.39, 0.29) is 24.7 Å². The predicted octanol–water partition coefficient (Wildman–Crippen LogP) is 4.14. The lowest BCUT2D eigenvalue weighted by molar-refractivity contribution is -0.116. The number of carbonyl (C=O) groups excluding carboxylic acids is 1. The van der Waals surface area contributed by atoms with Crippen LogP contribution >= 0.6 is 11.6 Å². The Morgan fingerprint density at radius 3 is 2.85 bits per heavy atom. The number of hydrogen-bond donors (Lipinski definition) is 0. The standard InChI is InChI=1S/C20H20ClNO4/c1-3-14(2)26-17-7-5-4-6-15(17)12-22(20(23)11-21)16-8-9-18-19(10-16)25-13-24-18/h3-10,14H,1,11-13H2,2H3. The van der Waals surface area contributed by atoms with E-state index in [9.17, 15) is 4.79 Å². The third-order valence-electron chi connectivity index (χ3n) is 4.03. The lowest BCUT2D eigenvalue weighted by Crippen LogP contribution is -2.31. The van der Waals surface area contributed by atoms with Gasteiger partial charge in [0, 0.05) is 17.3 Å². The highest BCUT2D eigenvalue weighted by atomic mass is 35.5. The number of alkyl halides is 1. The van der Waals surface area contributed by atoms with Gasteiger partial charge in [-0.05, 0) is 25.1 Å². The van der Waals surface area contributed by atoms with Crippen LogP contribution in [0.25, 0.3) is 0 Å². The monoisotopic (exact) mass is 373 g/mol. The number of rotatable bonds is 7. The van der Waals surface area contributed by atoms with Crippen molar-refractivity contribution in [2.45, 2.75) is 19.6 Å². The molecule has 0 N–H and O–H groups in total. The summed E-state index contributed by atoms with van der Waals surface area (Å²) in [4.78, 5) is 14.1. The molecule has 1 aliphatic rings. The van der Waals surface area contributed by atoms with E-state index in [0.717, 1.165) is 5.56 Å². The second-order valence-corrected chi connectivity index (χ2v) is 6.08. The van der Waals surface area contributed by atoms with Crippen molar-refractivity contribution in [2.24, 2.45) is 0 Å². The fourth-order valence-electron chi connectivity index (χ4n) is 2.62. The van der Waals surface area contributed by atoms with Crippen molar-refractivity contribution < 1.29 is 19.0 Å². The van der Waals surface area contributed by atoms with E-state index in [1.165, 1.54) is 0 Å². The third kappa shape index (κ3) is 3.94. The van der Waals surface area contributed by atoms with Gasteiger partial charge in [0.1, 0.15) is 17.7 Å². The number of nitrogens with zero attached hydrogens (tertiary/aromatic N) is 1. The van der Waals surface area contributed by atoms with Crippen LogP contribution in [0.1, 0.15) is 12.5 Å². The van der Waals surface area contributed by atoms with Crippen LogP contribution in [0.4, 0.5) is 5.69 Å². The Morgan fingerprint density at radius 2 is 2.08 bits per heavy atom. The maximum atomic E-state index is 12.5. The summed E-state index contributed by atoms with van der Waals surface area (Å²) in [6.45, 7) is 6.15. The zero-order valence-corrected chi connectivity index (χ0v) is 15.2. The molecule has 1 heterocycles. The van der Waals surface area contributed by atoms with Crippen LogP contribution in [-0.2, 0) is 11.3 Å². The van der Waals surface area contributed by atoms with Gasteiger partial charge in [-0.2, -0.15) is 0 Å². The molecule has 5 nitrogen and oxygen atoms in total. The van der Waals surface area contributed by atoms with E-state index in [1.807, 2.05) is 37.3 Å². The highest BCUT2D eigenvalue weighted by Crippen LogP contribution is 2.36. The van der Waals surface area contributed by atoms with Gasteiger partial charge in [-0.1, -0.05) is 30.9 Å². The molecule has 0 aromatic heterocycles. The molecular weight excluding hydrogens is 354 g/mol. The average molecular weight is 374 g/mol. The van der Waals surface area contributed by atoms with E-state index >= 15 is 0 Å². The van der Waals surface area contributed by atoms with Gasteiger partial charge in [0.2, 0.25) is 12.7 Å². The molecule has 0 radical (unpaired) electrons. The molecule has 0 fully saturated rings. The molecular formula is C20H20ClNO4. The molecule has 1 amide bonds. The molecule has 1 atom stereocenters. The molecule has 0 aliphatic carbocycles. The molecule has 2 aromatic carbocycles. The van der Waals surface area contributed by atoms with Crippen molar-refractivity contribution in [3.63, 3.8) is 0 Å². The zero-order valence-electron chi connectivity index (χ0n) is 14.5. The van der Waals surface area contributed by atoms with Crippen molar-refractivity contribution in [3.8, 4) is 17.2 Å². The van der Waals surface area contributed by atoms with E-state index in [4.69, 9.17) is 25.8 Å². The molecule has 136 valence electrons. The smallest absolute Gasteiger partial charge is 0.242 e. The summed E-state index contributed by atoms with van der Waals surface area (Å²) in [5, 5.41) is 0. The van der Waals surface area contributed by atoms with Gasteiger partial charge in [0.25, 0.3) is 0 Å². The average Bonchev–Trinajstić information content (AvgIpc) is 3.14. The van der Waals surface area contributed by atoms with Crippen LogP contribution in [0.3, 0.4) is 0 Å². The fraction of sp³-hybridized carbons (Fsp3) is 0.250. The van der Waals surface area contributed by atoms with Crippen molar-refractivity contribution in [1.82, 2.24) is 0 Å². The molecule has 0 saturated heterocycles. The van der Waals surface area contributed by atoms with E-state index in [2.05, 4.69) is 6.58 Å². The first-order valence-electron chi connectivity index (χ1n) is 8.25. The van der Waals surface area contributed by atoms with Gasteiger partial charge in [-0.25, -0.2) is 0 Å². The first-order chi connectivity index (χ1) is 12.6. The summed E-state index contributed by atoms with van der Waals surface area (Å²) >= 11 is 5.84. The van der Waals surface area contributed by atoms with E-state index in [1.54, 1.807) is 23.1 Å². The zero-order chi connectivity index (χ0) is 18.5. The number of amides is 1. The Balaban J connectivity index is 1.91. The number of benzene rings is 2. The topological polar surface area (TPSA) is 48.0 Å². The fourth-order valence-corrected chi connectivity index (χ4v) is 2.76. The molecule has 2 aromatic rings. The van der Waals surface area contributed by atoms with Crippen LogP contribution in [0.2, 0.25) is 0 Å². The van der Waals surface area contributed by atoms with Crippen LogP contribution in [0.15, 0.2) is 55.1 Å². The lowest BCUT2D eigenvalue weighted by Gasteiger charge is -2.24. The highest BCUT2D eigenvalue weighted by Gasteiger charge is 2.21. The number of para-hydroxylation sites is 1. The largest absolute Gasteiger partial charge is 0.486 e. The molecule has 0 saturated carbocycles. The van der Waals surface area contributed by atoms with Gasteiger partial charge in [-0.3, -0.25) is 4.79 Å². The number of ether oxygens (including phenoxy) is 3. The summed E-state index contributed by atoms with van der Waals surface area (Å²) in [5.74, 6) is 1.64. The van der Waals surface area contributed by atoms with Crippen LogP contribution in [0, 0.1) is 0 Å². The minimum Gasteiger partial charge on any atom is -0.486 e. The number of fused-ring (bicyclic) bond motifs is 1. The molecule has 26 heavy (non-hydrogen) atoms. The minimum absolute atomic E-state index is 0.124. The Morgan fingerprint density at radius 1 is 1.31 bits per heavy atom. The Hall–Kier alpha value is -2.66. The Kier molecular flexibility index (Phi) is 5.68. The molecule has 3 rings (SSSR count). The van der Waals surface area contributed by atoms with Crippen molar-refractivity contribution in [3.05, 3.63) is 60.7 Å². The molecule has 1 aliphatic heterocycles. The number of anilines is 1. The van der Waals surface area contributed by atoms with E-state index < -0.39 is 0 Å². The quantitative estimate of drug-likeness (QED) is 0.540. The predicted molar refractivity (Wildman–Crippen MR) is 101 cm³/mol. The normalized spacial score (nSPS) is 13.2. The van der Waals surface area contributed by atoms with Gasteiger partial charge >= 0.3 is 0 Å². The number of hydrogen-bond acceptors (Lipinski definition) is 4. The summed E-state index contributed by atoms with van der Waals surface area (Å²) in [6.07, 6.45) is 1.58. The van der Waals surface area contributed by atoms with Crippen molar-refractivity contribution in [2.75, 3.05) is 17.6 Å². The van der Waals surface area contributed by atoms with Crippen molar-refractivity contribution in [1.29, 1.82) is 0 Å². The first-order valence-corrected chi connectivity index (χ1v) is 8.79. The van der Waals surface area contributed by atoms with Gasteiger partial charge < -0.3 is 19.1 Å². The van der Waals surface area contributed by atoms with Crippen LogP contribution in [0.5, 0.6) is 17.2 Å². The summed E-state index contributed by atoms with van der Waals surface area (Å²) < 4.78 is 16.6. The second-order valence-electron chi connectivity index (χ2n) is 5.82. The summed E-state index contributed by atoms with van der Waals surface area (Å²) in [7, 11) is 0. The van der Waals surface area contributed by atoms with E-state index in [0.29, 0.717) is 29.5 Å². The molecule has 1 unspecified atom stereocenters. The Labute approximate surface area is 157 Å². The summed E-state index contributed by atoms with van der Waals surface area (Å²) in [6, 6.07) is 13.0.